The molecule has 1 aromatic carbocycles. The quantitative estimate of drug-likeness (QED) is 0.775. The topological polar surface area (TPSA) is 55.9 Å². The molecule has 2 aliphatic heterocycles. The minimum absolute atomic E-state index is 0.0413. The molecule has 152 valence electrons. The van der Waals surface area contributed by atoms with Gasteiger partial charge in [0, 0.05) is 58.0 Å². The van der Waals surface area contributed by atoms with Gasteiger partial charge >= 0.3 is 0 Å². The molecule has 0 radical (unpaired) electrons. The second-order valence-corrected chi connectivity index (χ2v) is 10.6. The summed E-state index contributed by atoms with van der Waals surface area (Å²) in [7, 11) is 0.793. The summed E-state index contributed by atoms with van der Waals surface area (Å²) >= 11 is 1.25. The van der Waals surface area contributed by atoms with Crippen LogP contribution in [0, 0.1) is 0 Å². The van der Waals surface area contributed by atoms with Crippen molar-refractivity contribution in [2.24, 2.45) is 0 Å². The second-order valence-electron chi connectivity index (χ2n) is 7.70. The highest BCUT2D eigenvalue weighted by Gasteiger charge is 2.27. The zero-order valence-corrected chi connectivity index (χ0v) is 18.1. The SMILES string of the molecule is CN1CCN([C@@H](CNS(=O)(=O)c2cccs2)c2ccc3c(c2)CCN3C)CC1. The standard InChI is InChI=1S/C20H28N4O2S2/c1-22-9-11-24(12-10-22)19(15-21-28(25,26)20-4-3-13-27-20)16-5-6-18-17(14-16)7-8-23(18)2/h3-6,13-14,19,21H,7-12,15H2,1-2H3/t19-/m0/s1. The fraction of sp³-hybridized carbons (Fsp3) is 0.500. The molecule has 4 rings (SSSR count). The van der Waals surface area contributed by atoms with Crippen LogP contribution in [0.2, 0.25) is 0 Å². The van der Waals surface area contributed by atoms with E-state index in [4.69, 9.17) is 0 Å². The van der Waals surface area contributed by atoms with Crippen molar-refractivity contribution in [2.75, 3.05) is 58.3 Å². The zero-order valence-electron chi connectivity index (χ0n) is 16.5. The van der Waals surface area contributed by atoms with Crippen molar-refractivity contribution in [3.05, 3.63) is 46.8 Å². The third-order valence-electron chi connectivity index (χ3n) is 5.82. The lowest BCUT2D eigenvalue weighted by atomic mass is 10.0. The van der Waals surface area contributed by atoms with E-state index in [0.717, 1.165) is 39.1 Å². The molecule has 0 unspecified atom stereocenters. The Balaban J connectivity index is 1.57. The number of hydrogen-bond acceptors (Lipinski definition) is 6. The van der Waals surface area contributed by atoms with Gasteiger partial charge in [-0.05, 0) is 42.1 Å². The van der Waals surface area contributed by atoms with E-state index in [-0.39, 0.29) is 6.04 Å². The Bertz CT molecular complexity index is 906. The minimum atomic E-state index is -3.47. The molecule has 0 bridgehead atoms. The molecule has 3 heterocycles. The number of nitrogens with zero attached hydrogens (tertiary/aromatic N) is 3. The number of likely N-dealkylation sites (N-methyl/N-ethyl adjacent to an activating group) is 2. The van der Waals surface area contributed by atoms with Crippen molar-refractivity contribution >= 4 is 27.0 Å². The molecule has 1 N–H and O–H groups in total. The van der Waals surface area contributed by atoms with Crippen LogP contribution in [0.4, 0.5) is 5.69 Å². The van der Waals surface area contributed by atoms with Crippen LogP contribution in [0.5, 0.6) is 0 Å². The van der Waals surface area contributed by atoms with Crippen LogP contribution in [0.3, 0.4) is 0 Å². The second kappa shape index (κ2) is 8.12. The monoisotopic (exact) mass is 420 g/mol. The van der Waals surface area contributed by atoms with Crippen molar-refractivity contribution < 1.29 is 8.42 Å². The van der Waals surface area contributed by atoms with Crippen molar-refractivity contribution in [2.45, 2.75) is 16.7 Å². The van der Waals surface area contributed by atoms with E-state index in [0.29, 0.717) is 10.8 Å². The summed E-state index contributed by atoms with van der Waals surface area (Å²) in [6, 6.07) is 10.1. The first kappa shape index (κ1) is 19.8. The number of benzene rings is 1. The Morgan fingerprint density at radius 1 is 1.11 bits per heavy atom. The molecule has 0 aliphatic carbocycles. The number of anilines is 1. The van der Waals surface area contributed by atoms with Crippen LogP contribution in [0.15, 0.2) is 39.9 Å². The van der Waals surface area contributed by atoms with Gasteiger partial charge in [0.1, 0.15) is 4.21 Å². The van der Waals surface area contributed by atoms with E-state index in [2.05, 4.69) is 51.7 Å². The fourth-order valence-electron chi connectivity index (χ4n) is 4.06. The summed E-state index contributed by atoms with van der Waals surface area (Å²) in [6.07, 6.45) is 1.05. The molecule has 6 nitrogen and oxygen atoms in total. The number of thiophene rings is 1. The van der Waals surface area contributed by atoms with E-state index in [1.54, 1.807) is 17.5 Å². The molecule has 1 saturated heterocycles. The van der Waals surface area contributed by atoms with E-state index in [1.165, 1.54) is 28.2 Å². The lowest BCUT2D eigenvalue weighted by molar-refractivity contribution is 0.113. The van der Waals surface area contributed by atoms with Crippen molar-refractivity contribution in [3.63, 3.8) is 0 Å². The van der Waals surface area contributed by atoms with Crippen LogP contribution >= 0.6 is 11.3 Å². The summed E-state index contributed by atoms with van der Waals surface area (Å²) in [5.41, 5.74) is 3.85. The largest absolute Gasteiger partial charge is 0.374 e. The third kappa shape index (κ3) is 4.11. The number of sulfonamides is 1. The van der Waals surface area contributed by atoms with Gasteiger partial charge in [0.15, 0.2) is 0 Å². The minimum Gasteiger partial charge on any atom is -0.374 e. The average Bonchev–Trinajstić information content (AvgIpc) is 3.34. The molecule has 0 amide bonds. The van der Waals surface area contributed by atoms with Crippen LogP contribution in [-0.2, 0) is 16.4 Å². The van der Waals surface area contributed by atoms with E-state index < -0.39 is 10.0 Å². The van der Waals surface area contributed by atoms with Crippen molar-refractivity contribution in [3.8, 4) is 0 Å². The molecule has 0 spiro atoms. The highest BCUT2D eigenvalue weighted by molar-refractivity contribution is 7.91. The van der Waals surface area contributed by atoms with Gasteiger partial charge in [0.05, 0.1) is 0 Å². The summed E-state index contributed by atoms with van der Waals surface area (Å²) in [6.45, 7) is 5.32. The van der Waals surface area contributed by atoms with Gasteiger partial charge < -0.3 is 9.80 Å². The maximum absolute atomic E-state index is 12.7. The Hall–Kier alpha value is -1.45. The smallest absolute Gasteiger partial charge is 0.250 e. The fourth-order valence-corrected chi connectivity index (χ4v) is 6.14. The Morgan fingerprint density at radius 3 is 2.61 bits per heavy atom. The maximum Gasteiger partial charge on any atom is 0.250 e. The van der Waals surface area contributed by atoms with Crippen molar-refractivity contribution in [1.29, 1.82) is 0 Å². The predicted octanol–water partition coefficient (Wildman–Crippen LogP) is 2.01. The number of piperazine rings is 1. The molecule has 1 aromatic heterocycles. The van der Waals surface area contributed by atoms with Gasteiger partial charge in [0.2, 0.25) is 10.0 Å². The molecule has 2 aromatic rings. The normalized spacial score (nSPS) is 19.7. The van der Waals surface area contributed by atoms with Gasteiger partial charge in [-0.25, -0.2) is 13.1 Å². The lowest BCUT2D eigenvalue weighted by Gasteiger charge is -2.38. The molecule has 0 saturated carbocycles. The van der Waals surface area contributed by atoms with E-state index >= 15 is 0 Å². The molecule has 28 heavy (non-hydrogen) atoms. The van der Waals surface area contributed by atoms with Gasteiger partial charge in [0.25, 0.3) is 0 Å². The summed E-state index contributed by atoms with van der Waals surface area (Å²) in [5, 5.41) is 1.80. The van der Waals surface area contributed by atoms with Gasteiger partial charge in [-0.2, -0.15) is 0 Å². The average molecular weight is 421 g/mol. The molecular formula is C20H28N4O2S2. The zero-order chi connectivity index (χ0) is 19.7. The first-order chi connectivity index (χ1) is 13.4. The molecule has 2 aliphatic rings. The highest BCUT2D eigenvalue weighted by Crippen LogP contribution is 2.31. The highest BCUT2D eigenvalue weighted by atomic mass is 32.2. The van der Waals surface area contributed by atoms with E-state index in [1.807, 2.05) is 0 Å². The number of hydrogen-bond donors (Lipinski definition) is 1. The Morgan fingerprint density at radius 2 is 1.89 bits per heavy atom. The molecular weight excluding hydrogens is 392 g/mol. The summed E-state index contributed by atoms with van der Waals surface area (Å²) in [4.78, 5) is 7.02. The maximum atomic E-state index is 12.7. The molecule has 1 fully saturated rings. The van der Waals surface area contributed by atoms with Crippen LogP contribution in [-0.4, -0.2) is 71.6 Å². The van der Waals surface area contributed by atoms with Gasteiger partial charge in [-0.3, -0.25) is 4.90 Å². The Kier molecular flexibility index (Phi) is 5.76. The van der Waals surface area contributed by atoms with Crippen LogP contribution < -0.4 is 9.62 Å². The lowest BCUT2D eigenvalue weighted by Crippen LogP contribution is -2.48. The summed E-state index contributed by atoms with van der Waals surface area (Å²) in [5.74, 6) is 0. The number of nitrogens with one attached hydrogen (secondary N) is 1. The molecule has 8 heteroatoms. The molecule has 1 atom stereocenters. The predicted molar refractivity (Wildman–Crippen MR) is 115 cm³/mol. The number of fused-ring (bicyclic) bond motifs is 1. The first-order valence-corrected chi connectivity index (χ1v) is 12.1. The summed E-state index contributed by atoms with van der Waals surface area (Å²) < 4.78 is 28.6. The van der Waals surface area contributed by atoms with Gasteiger partial charge in [-0.15, -0.1) is 11.3 Å². The van der Waals surface area contributed by atoms with Crippen LogP contribution in [0.1, 0.15) is 17.2 Å². The van der Waals surface area contributed by atoms with Gasteiger partial charge in [-0.1, -0.05) is 18.2 Å². The Labute approximate surface area is 171 Å². The van der Waals surface area contributed by atoms with Crippen LogP contribution in [0.25, 0.3) is 0 Å². The number of rotatable bonds is 6. The van der Waals surface area contributed by atoms with E-state index in [9.17, 15) is 8.42 Å². The third-order valence-corrected chi connectivity index (χ3v) is 8.64. The van der Waals surface area contributed by atoms with Crippen molar-refractivity contribution in [1.82, 2.24) is 14.5 Å². The first-order valence-electron chi connectivity index (χ1n) is 9.74.